The van der Waals surface area contributed by atoms with Gasteiger partial charge in [0.05, 0.1) is 17.0 Å². The maximum Gasteiger partial charge on any atom is 0.266 e. The van der Waals surface area contributed by atoms with E-state index in [9.17, 15) is 4.79 Å². The molecule has 3 rings (SSSR count). The van der Waals surface area contributed by atoms with Crippen molar-refractivity contribution in [2.24, 2.45) is 0 Å². The molecule has 0 bridgehead atoms. The van der Waals surface area contributed by atoms with Gasteiger partial charge in [0.15, 0.2) is 11.5 Å². The van der Waals surface area contributed by atoms with E-state index in [0.717, 1.165) is 5.56 Å². The molecule has 0 saturated carbocycles. The summed E-state index contributed by atoms with van der Waals surface area (Å²) in [5.41, 5.74) is 0.832. The topological polar surface area (TPSA) is 48.0 Å². The van der Waals surface area contributed by atoms with Crippen LogP contribution < -0.4 is 14.2 Å². The third-order valence-electron chi connectivity index (χ3n) is 4.11. The van der Waals surface area contributed by atoms with Crippen LogP contribution in [0.2, 0.25) is 5.02 Å². The Morgan fingerprint density at radius 1 is 1.10 bits per heavy atom. The standard InChI is InChI=1S/C21H20ClNO4S2/c1-3-23-20(24)19(29-21(23)28)13-14-8-9-17(18(12-14)25-2)27-11-10-26-16-7-5-4-6-15(16)22/h4-9,12-13H,3,10-11H2,1-2H3. The van der Waals surface area contributed by atoms with E-state index in [0.29, 0.717) is 51.3 Å². The molecule has 1 amide bonds. The van der Waals surface area contributed by atoms with Gasteiger partial charge in [-0.2, -0.15) is 0 Å². The number of methoxy groups -OCH3 is 1. The first kappa shape index (κ1) is 21.5. The van der Waals surface area contributed by atoms with E-state index in [1.54, 1.807) is 30.2 Å². The number of halogens is 1. The van der Waals surface area contributed by atoms with Crippen molar-refractivity contribution in [2.75, 3.05) is 26.9 Å². The molecule has 0 atom stereocenters. The van der Waals surface area contributed by atoms with Crippen LogP contribution in [0, 0.1) is 0 Å². The molecule has 8 heteroatoms. The average Bonchev–Trinajstić information content (AvgIpc) is 2.99. The van der Waals surface area contributed by atoms with Gasteiger partial charge in [0, 0.05) is 6.54 Å². The van der Waals surface area contributed by atoms with Crippen molar-refractivity contribution >= 4 is 51.9 Å². The predicted molar refractivity (Wildman–Crippen MR) is 121 cm³/mol. The summed E-state index contributed by atoms with van der Waals surface area (Å²) in [6.07, 6.45) is 1.81. The van der Waals surface area contributed by atoms with Crippen LogP contribution in [0.4, 0.5) is 0 Å². The lowest BCUT2D eigenvalue weighted by Gasteiger charge is -2.12. The van der Waals surface area contributed by atoms with Gasteiger partial charge in [-0.15, -0.1) is 0 Å². The summed E-state index contributed by atoms with van der Waals surface area (Å²) >= 11 is 12.6. The van der Waals surface area contributed by atoms with Crippen LogP contribution in [0.5, 0.6) is 17.2 Å². The minimum atomic E-state index is -0.0708. The average molecular weight is 450 g/mol. The SMILES string of the molecule is CCN1C(=O)C(=Cc2ccc(OCCOc3ccccc3Cl)c(OC)c2)SC1=S. The largest absolute Gasteiger partial charge is 0.493 e. The first-order valence-corrected chi connectivity index (χ1v) is 10.6. The summed E-state index contributed by atoms with van der Waals surface area (Å²) in [6, 6.07) is 12.8. The van der Waals surface area contributed by atoms with Crippen LogP contribution in [0.1, 0.15) is 12.5 Å². The number of hydrogen-bond donors (Lipinski definition) is 0. The van der Waals surface area contributed by atoms with Crippen molar-refractivity contribution < 1.29 is 19.0 Å². The van der Waals surface area contributed by atoms with E-state index < -0.39 is 0 Å². The maximum atomic E-state index is 12.4. The van der Waals surface area contributed by atoms with Gasteiger partial charge in [0.1, 0.15) is 23.3 Å². The number of carbonyl (C=O) groups is 1. The third kappa shape index (κ3) is 5.23. The van der Waals surface area contributed by atoms with Gasteiger partial charge < -0.3 is 14.2 Å². The van der Waals surface area contributed by atoms with Crippen LogP contribution >= 0.6 is 35.6 Å². The van der Waals surface area contributed by atoms with Crippen molar-refractivity contribution in [3.05, 3.63) is 58.0 Å². The lowest BCUT2D eigenvalue weighted by atomic mass is 10.2. The zero-order chi connectivity index (χ0) is 20.8. The molecule has 2 aromatic rings. The van der Waals surface area contributed by atoms with Crippen LogP contribution in [-0.4, -0.2) is 42.0 Å². The minimum Gasteiger partial charge on any atom is -0.493 e. The van der Waals surface area contributed by atoms with Crippen molar-refractivity contribution in [1.82, 2.24) is 4.90 Å². The van der Waals surface area contributed by atoms with Gasteiger partial charge in [0.25, 0.3) is 5.91 Å². The molecular formula is C21H20ClNO4S2. The van der Waals surface area contributed by atoms with E-state index in [1.807, 2.05) is 37.3 Å². The quantitative estimate of drug-likeness (QED) is 0.320. The number of para-hydroxylation sites is 1. The highest BCUT2D eigenvalue weighted by Crippen LogP contribution is 2.34. The Bertz CT molecular complexity index is 948. The van der Waals surface area contributed by atoms with E-state index in [4.69, 9.17) is 38.0 Å². The number of nitrogens with zero attached hydrogens (tertiary/aromatic N) is 1. The third-order valence-corrected chi connectivity index (χ3v) is 5.80. The van der Waals surface area contributed by atoms with Crippen LogP contribution in [0.25, 0.3) is 6.08 Å². The molecule has 0 N–H and O–H groups in total. The fourth-order valence-electron chi connectivity index (χ4n) is 2.68. The van der Waals surface area contributed by atoms with E-state index in [2.05, 4.69) is 0 Å². The van der Waals surface area contributed by atoms with Crippen LogP contribution in [0.15, 0.2) is 47.4 Å². The zero-order valence-corrected chi connectivity index (χ0v) is 18.4. The molecule has 0 spiro atoms. The molecule has 152 valence electrons. The molecule has 0 aromatic heterocycles. The van der Waals surface area contributed by atoms with Crippen molar-refractivity contribution in [1.29, 1.82) is 0 Å². The number of hydrogen-bond acceptors (Lipinski definition) is 6. The molecule has 1 saturated heterocycles. The summed E-state index contributed by atoms with van der Waals surface area (Å²) in [6.45, 7) is 3.14. The second-order valence-corrected chi connectivity index (χ2v) is 8.05. The summed E-state index contributed by atoms with van der Waals surface area (Å²) in [4.78, 5) is 14.5. The first-order valence-electron chi connectivity index (χ1n) is 8.97. The molecule has 1 aliphatic rings. The summed E-state index contributed by atoms with van der Waals surface area (Å²) < 4.78 is 17.4. The number of thiocarbonyl (C=S) groups is 1. The lowest BCUT2D eigenvalue weighted by molar-refractivity contribution is -0.121. The van der Waals surface area contributed by atoms with Crippen LogP contribution in [0.3, 0.4) is 0 Å². The molecule has 1 fully saturated rings. The Morgan fingerprint density at radius 2 is 1.83 bits per heavy atom. The second-order valence-electron chi connectivity index (χ2n) is 5.96. The highest BCUT2D eigenvalue weighted by molar-refractivity contribution is 8.26. The van der Waals surface area contributed by atoms with Gasteiger partial charge in [0.2, 0.25) is 0 Å². The van der Waals surface area contributed by atoms with Gasteiger partial charge in [-0.3, -0.25) is 9.69 Å². The number of rotatable bonds is 8. The Morgan fingerprint density at radius 3 is 2.48 bits per heavy atom. The highest BCUT2D eigenvalue weighted by Gasteiger charge is 2.30. The molecule has 29 heavy (non-hydrogen) atoms. The Labute approximate surface area is 184 Å². The number of likely N-dealkylation sites (N-methyl/N-ethyl adjacent to an activating group) is 1. The smallest absolute Gasteiger partial charge is 0.266 e. The molecular weight excluding hydrogens is 430 g/mol. The van der Waals surface area contributed by atoms with Gasteiger partial charge in [-0.1, -0.05) is 53.8 Å². The number of thioether (sulfide) groups is 1. The number of amides is 1. The molecule has 0 unspecified atom stereocenters. The normalized spacial score (nSPS) is 15.1. The molecule has 0 radical (unpaired) electrons. The zero-order valence-electron chi connectivity index (χ0n) is 16.0. The summed E-state index contributed by atoms with van der Waals surface area (Å²) in [7, 11) is 1.57. The van der Waals surface area contributed by atoms with E-state index in [-0.39, 0.29) is 5.91 Å². The van der Waals surface area contributed by atoms with Crippen molar-refractivity contribution in [3.8, 4) is 17.2 Å². The predicted octanol–water partition coefficient (Wildman–Crippen LogP) is 5.03. The van der Waals surface area contributed by atoms with Crippen LogP contribution in [-0.2, 0) is 4.79 Å². The summed E-state index contributed by atoms with van der Waals surface area (Å²) in [5.74, 6) is 1.71. The van der Waals surface area contributed by atoms with Gasteiger partial charge in [-0.05, 0) is 42.8 Å². The molecule has 0 aliphatic carbocycles. The van der Waals surface area contributed by atoms with Gasteiger partial charge in [-0.25, -0.2) is 0 Å². The maximum absolute atomic E-state index is 12.4. The molecule has 1 aliphatic heterocycles. The fourth-order valence-corrected chi connectivity index (χ4v) is 4.26. The van der Waals surface area contributed by atoms with Crippen molar-refractivity contribution in [3.63, 3.8) is 0 Å². The Hall–Kier alpha value is -2.22. The highest BCUT2D eigenvalue weighted by atomic mass is 35.5. The number of benzene rings is 2. The Balaban J connectivity index is 1.63. The van der Waals surface area contributed by atoms with Gasteiger partial charge >= 0.3 is 0 Å². The van der Waals surface area contributed by atoms with E-state index >= 15 is 0 Å². The molecule has 1 heterocycles. The fraction of sp³-hybridized carbons (Fsp3) is 0.238. The number of ether oxygens (including phenoxy) is 3. The second kappa shape index (κ2) is 10.0. The van der Waals surface area contributed by atoms with Crippen molar-refractivity contribution in [2.45, 2.75) is 6.92 Å². The van der Waals surface area contributed by atoms with E-state index in [1.165, 1.54) is 11.8 Å². The Kier molecular flexibility index (Phi) is 7.41. The monoisotopic (exact) mass is 449 g/mol. The first-order chi connectivity index (χ1) is 14.0. The summed E-state index contributed by atoms with van der Waals surface area (Å²) in [5, 5.41) is 0.558. The lowest BCUT2D eigenvalue weighted by Crippen LogP contribution is -2.27. The number of carbonyl (C=O) groups excluding carboxylic acids is 1. The molecule has 5 nitrogen and oxygen atoms in total. The minimum absolute atomic E-state index is 0.0708. The molecule has 2 aromatic carbocycles.